The summed E-state index contributed by atoms with van der Waals surface area (Å²) >= 11 is 0. The second-order valence-electron chi connectivity index (χ2n) is 7.12. The fraction of sp³-hybridized carbons (Fsp3) is 0.938. The fourth-order valence-corrected chi connectivity index (χ4v) is 2.85. The Bertz CT molecular complexity index is 340. The minimum atomic E-state index is -0.411. The van der Waals surface area contributed by atoms with Crippen molar-refractivity contribution in [2.24, 2.45) is 0 Å². The van der Waals surface area contributed by atoms with E-state index in [0.29, 0.717) is 12.1 Å². The largest absolute Gasteiger partial charge is 0.444 e. The predicted molar refractivity (Wildman–Crippen MR) is 82.4 cm³/mol. The number of amides is 1. The van der Waals surface area contributed by atoms with Gasteiger partial charge < -0.3 is 14.4 Å². The van der Waals surface area contributed by atoms with Crippen LogP contribution in [0.25, 0.3) is 0 Å². The van der Waals surface area contributed by atoms with Gasteiger partial charge in [-0.25, -0.2) is 4.79 Å². The highest BCUT2D eigenvalue weighted by Gasteiger charge is 2.36. The highest BCUT2D eigenvalue weighted by molar-refractivity contribution is 5.68. The van der Waals surface area contributed by atoms with Crippen molar-refractivity contribution in [3.63, 3.8) is 0 Å². The van der Waals surface area contributed by atoms with Crippen LogP contribution in [-0.2, 0) is 9.47 Å². The summed E-state index contributed by atoms with van der Waals surface area (Å²) in [7, 11) is 0. The molecule has 122 valence electrons. The summed E-state index contributed by atoms with van der Waals surface area (Å²) in [6.45, 7) is 12.2. The maximum absolute atomic E-state index is 12.0. The highest BCUT2D eigenvalue weighted by Crippen LogP contribution is 2.29. The van der Waals surface area contributed by atoms with Crippen LogP contribution in [-0.4, -0.2) is 66.4 Å². The van der Waals surface area contributed by atoms with E-state index in [-0.39, 0.29) is 6.09 Å². The standard InChI is InChI=1S/C16H30N2O3/c1-5-10-20-14-11-13(12-14)17-6-8-18(9-7-17)15(19)21-16(2,3)4/h13-14H,5-12H2,1-4H3. The molecule has 1 amide bonds. The average Bonchev–Trinajstić information content (AvgIpc) is 2.35. The van der Waals surface area contributed by atoms with E-state index in [0.717, 1.165) is 52.0 Å². The zero-order valence-electron chi connectivity index (χ0n) is 13.9. The molecule has 1 aliphatic carbocycles. The molecule has 1 saturated carbocycles. The molecule has 1 heterocycles. The minimum Gasteiger partial charge on any atom is -0.444 e. The SMILES string of the molecule is CCCOC1CC(N2CCN(C(=O)OC(C)(C)C)CC2)C1. The van der Waals surface area contributed by atoms with Crippen LogP contribution in [0.1, 0.15) is 47.0 Å². The number of piperazine rings is 1. The number of carbonyl (C=O) groups excluding carboxylic acids is 1. The van der Waals surface area contributed by atoms with Gasteiger partial charge in [-0.1, -0.05) is 6.92 Å². The first-order chi connectivity index (χ1) is 9.89. The van der Waals surface area contributed by atoms with E-state index in [1.807, 2.05) is 25.7 Å². The van der Waals surface area contributed by atoms with E-state index in [4.69, 9.17) is 9.47 Å². The first-order valence-electron chi connectivity index (χ1n) is 8.22. The summed E-state index contributed by atoms with van der Waals surface area (Å²) in [5.41, 5.74) is -0.411. The molecule has 0 radical (unpaired) electrons. The molecule has 0 spiro atoms. The van der Waals surface area contributed by atoms with Crippen LogP contribution in [0.5, 0.6) is 0 Å². The molecule has 5 nitrogen and oxygen atoms in total. The molecule has 0 atom stereocenters. The van der Waals surface area contributed by atoms with Crippen molar-refractivity contribution in [1.29, 1.82) is 0 Å². The lowest BCUT2D eigenvalue weighted by Crippen LogP contribution is -2.56. The Morgan fingerprint density at radius 2 is 1.76 bits per heavy atom. The molecule has 2 aliphatic rings. The number of hydrogen-bond donors (Lipinski definition) is 0. The first-order valence-corrected chi connectivity index (χ1v) is 8.22. The van der Waals surface area contributed by atoms with Crippen molar-refractivity contribution in [3.8, 4) is 0 Å². The molecule has 0 aromatic heterocycles. The van der Waals surface area contributed by atoms with Gasteiger partial charge >= 0.3 is 6.09 Å². The van der Waals surface area contributed by atoms with Crippen molar-refractivity contribution < 1.29 is 14.3 Å². The van der Waals surface area contributed by atoms with E-state index in [1.54, 1.807) is 0 Å². The molecular weight excluding hydrogens is 268 g/mol. The Morgan fingerprint density at radius 3 is 2.29 bits per heavy atom. The summed E-state index contributed by atoms with van der Waals surface area (Å²) in [6.07, 6.45) is 3.66. The van der Waals surface area contributed by atoms with Crippen LogP contribution < -0.4 is 0 Å². The van der Waals surface area contributed by atoms with Gasteiger partial charge in [0, 0.05) is 38.8 Å². The Labute approximate surface area is 128 Å². The summed E-state index contributed by atoms with van der Waals surface area (Å²) in [5.74, 6) is 0. The second kappa shape index (κ2) is 6.97. The van der Waals surface area contributed by atoms with Gasteiger partial charge in [0.15, 0.2) is 0 Å². The van der Waals surface area contributed by atoms with Crippen molar-refractivity contribution in [2.75, 3.05) is 32.8 Å². The molecule has 0 bridgehead atoms. The van der Waals surface area contributed by atoms with Gasteiger partial charge in [0.05, 0.1) is 6.10 Å². The van der Waals surface area contributed by atoms with Crippen LogP contribution in [0.2, 0.25) is 0 Å². The lowest BCUT2D eigenvalue weighted by molar-refractivity contribution is -0.0614. The van der Waals surface area contributed by atoms with E-state index in [9.17, 15) is 4.79 Å². The smallest absolute Gasteiger partial charge is 0.410 e. The molecule has 5 heteroatoms. The van der Waals surface area contributed by atoms with Crippen molar-refractivity contribution in [1.82, 2.24) is 9.80 Å². The average molecular weight is 298 g/mol. The maximum atomic E-state index is 12.0. The number of nitrogens with zero attached hydrogens (tertiary/aromatic N) is 2. The molecule has 2 fully saturated rings. The van der Waals surface area contributed by atoms with Crippen molar-refractivity contribution >= 4 is 6.09 Å². The lowest BCUT2D eigenvalue weighted by Gasteiger charge is -2.46. The molecule has 21 heavy (non-hydrogen) atoms. The quantitative estimate of drug-likeness (QED) is 0.800. The highest BCUT2D eigenvalue weighted by atomic mass is 16.6. The Morgan fingerprint density at radius 1 is 1.14 bits per heavy atom. The minimum absolute atomic E-state index is 0.181. The molecular formula is C16H30N2O3. The Hall–Kier alpha value is -0.810. The molecule has 1 aliphatic heterocycles. The van der Waals surface area contributed by atoms with Crippen LogP contribution in [0, 0.1) is 0 Å². The molecule has 0 unspecified atom stereocenters. The number of rotatable bonds is 4. The zero-order valence-corrected chi connectivity index (χ0v) is 13.9. The van der Waals surface area contributed by atoms with Crippen LogP contribution in [0.15, 0.2) is 0 Å². The Kier molecular flexibility index (Phi) is 5.49. The van der Waals surface area contributed by atoms with Gasteiger partial charge in [-0.2, -0.15) is 0 Å². The third kappa shape index (κ3) is 4.85. The summed E-state index contributed by atoms with van der Waals surface area (Å²) in [5, 5.41) is 0. The maximum Gasteiger partial charge on any atom is 0.410 e. The summed E-state index contributed by atoms with van der Waals surface area (Å²) < 4.78 is 11.2. The zero-order chi connectivity index (χ0) is 15.5. The number of carbonyl (C=O) groups is 1. The van der Waals surface area contributed by atoms with Gasteiger partial charge in [-0.15, -0.1) is 0 Å². The van der Waals surface area contributed by atoms with Crippen molar-refractivity contribution in [3.05, 3.63) is 0 Å². The first kappa shape index (κ1) is 16.6. The van der Waals surface area contributed by atoms with E-state index < -0.39 is 5.60 Å². The van der Waals surface area contributed by atoms with Crippen LogP contribution >= 0.6 is 0 Å². The normalized spacial score (nSPS) is 27.3. The van der Waals surface area contributed by atoms with Crippen LogP contribution in [0.4, 0.5) is 4.79 Å². The fourth-order valence-electron chi connectivity index (χ4n) is 2.85. The van der Waals surface area contributed by atoms with E-state index in [2.05, 4.69) is 11.8 Å². The summed E-state index contributed by atoms with van der Waals surface area (Å²) in [4.78, 5) is 16.3. The molecule has 2 rings (SSSR count). The third-order valence-electron chi connectivity index (χ3n) is 4.11. The molecule has 1 saturated heterocycles. The monoisotopic (exact) mass is 298 g/mol. The molecule has 0 aromatic rings. The van der Waals surface area contributed by atoms with Gasteiger partial charge in [0.25, 0.3) is 0 Å². The van der Waals surface area contributed by atoms with Gasteiger partial charge in [0.1, 0.15) is 5.60 Å². The number of hydrogen-bond acceptors (Lipinski definition) is 4. The van der Waals surface area contributed by atoms with Gasteiger partial charge in [-0.3, -0.25) is 4.90 Å². The Balaban J connectivity index is 1.66. The topological polar surface area (TPSA) is 42.0 Å². The second-order valence-corrected chi connectivity index (χ2v) is 7.12. The van der Waals surface area contributed by atoms with Crippen LogP contribution in [0.3, 0.4) is 0 Å². The van der Waals surface area contributed by atoms with E-state index >= 15 is 0 Å². The van der Waals surface area contributed by atoms with E-state index in [1.165, 1.54) is 0 Å². The predicted octanol–water partition coefficient (Wildman–Crippen LogP) is 2.50. The molecule has 0 aromatic carbocycles. The van der Waals surface area contributed by atoms with Crippen molar-refractivity contribution in [2.45, 2.75) is 64.7 Å². The number of ether oxygens (including phenoxy) is 2. The van der Waals surface area contributed by atoms with Gasteiger partial charge in [0.2, 0.25) is 0 Å². The lowest BCUT2D eigenvalue weighted by atomic mass is 9.87. The molecule has 0 N–H and O–H groups in total. The van der Waals surface area contributed by atoms with Gasteiger partial charge in [-0.05, 0) is 40.0 Å². The third-order valence-corrected chi connectivity index (χ3v) is 4.11. The summed E-state index contributed by atoms with van der Waals surface area (Å²) in [6, 6.07) is 0.646.